The molecule has 2 aromatic carbocycles. The summed E-state index contributed by atoms with van der Waals surface area (Å²) in [6, 6.07) is 17.5. The summed E-state index contributed by atoms with van der Waals surface area (Å²) in [5.74, 6) is 1.16. The number of halogens is 1. The summed E-state index contributed by atoms with van der Waals surface area (Å²) in [6.45, 7) is 5.86. The van der Waals surface area contributed by atoms with Gasteiger partial charge in [-0.05, 0) is 42.7 Å². The largest absolute Gasteiger partial charge is 0.493 e. The van der Waals surface area contributed by atoms with Crippen molar-refractivity contribution in [2.75, 3.05) is 45.9 Å². The summed E-state index contributed by atoms with van der Waals surface area (Å²) in [4.78, 5) is 31.8. The molecule has 0 aromatic heterocycles. The standard InChI is InChI=1S/C26H32ClN3O3/c27-23-8-6-21(7-9-23)20-28-15-17-30(18-16-28)26(32)22-10-13-29(14-11-22)25(31)12-19-33-24-4-2-1-3-5-24/h1-9,22H,10-20H2. The number of para-hydroxylation sites is 1. The summed E-state index contributed by atoms with van der Waals surface area (Å²) in [6.07, 6.45) is 1.85. The molecule has 33 heavy (non-hydrogen) atoms. The molecule has 2 aliphatic heterocycles. The van der Waals surface area contributed by atoms with Gasteiger partial charge in [-0.3, -0.25) is 14.5 Å². The molecule has 0 N–H and O–H groups in total. The molecule has 0 bridgehead atoms. The Hall–Kier alpha value is -2.57. The molecule has 176 valence electrons. The van der Waals surface area contributed by atoms with Crippen LogP contribution in [-0.4, -0.2) is 72.4 Å². The fraction of sp³-hybridized carbons (Fsp3) is 0.462. The first-order chi connectivity index (χ1) is 16.1. The number of hydrogen-bond acceptors (Lipinski definition) is 4. The van der Waals surface area contributed by atoms with Gasteiger partial charge in [0, 0.05) is 56.8 Å². The molecule has 0 saturated carbocycles. The van der Waals surface area contributed by atoms with Gasteiger partial charge < -0.3 is 14.5 Å². The number of hydrogen-bond donors (Lipinski definition) is 0. The van der Waals surface area contributed by atoms with Crippen LogP contribution < -0.4 is 4.74 Å². The van der Waals surface area contributed by atoms with Gasteiger partial charge in [-0.25, -0.2) is 0 Å². The number of carbonyl (C=O) groups is 2. The second-order valence-electron chi connectivity index (χ2n) is 8.79. The highest BCUT2D eigenvalue weighted by Gasteiger charge is 2.31. The Labute approximate surface area is 201 Å². The molecule has 2 amide bonds. The van der Waals surface area contributed by atoms with E-state index in [1.54, 1.807) is 0 Å². The molecule has 2 heterocycles. The second-order valence-corrected chi connectivity index (χ2v) is 9.23. The van der Waals surface area contributed by atoms with Gasteiger partial charge in [-0.1, -0.05) is 41.9 Å². The zero-order valence-electron chi connectivity index (χ0n) is 19.0. The summed E-state index contributed by atoms with van der Waals surface area (Å²) in [5.41, 5.74) is 1.24. The van der Waals surface area contributed by atoms with Crippen LogP contribution in [0.4, 0.5) is 0 Å². The number of likely N-dealkylation sites (tertiary alicyclic amines) is 1. The average Bonchev–Trinajstić information content (AvgIpc) is 2.86. The SMILES string of the molecule is O=C(CCOc1ccccc1)N1CCC(C(=O)N2CCN(Cc3ccc(Cl)cc3)CC2)CC1. The minimum absolute atomic E-state index is 0.0254. The highest BCUT2D eigenvalue weighted by Crippen LogP contribution is 2.22. The first-order valence-corrected chi connectivity index (χ1v) is 12.2. The lowest BCUT2D eigenvalue weighted by atomic mass is 9.94. The Bertz CT molecular complexity index is 906. The number of rotatable bonds is 7. The van der Waals surface area contributed by atoms with Crippen molar-refractivity contribution >= 4 is 23.4 Å². The predicted octanol–water partition coefficient (Wildman–Crippen LogP) is 3.69. The van der Waals surface area contributed by atoms with Gasteiger partial charge in [0.15, 0.2) is 0 Å². The van der Waals surface area contributed by atoms with Gasteiger partial charge in [0.1, 0.15) is 5.75 Å². The quantitative estimate of drug-likeness (QED) is 0.620. The normalized spacial score (nSPS) is 17.7. The van der Waals surface area contributed by atoms with E-state index < -0.39 is 0 Å². The molecule has 2 aliphatic rings. The van der Waals surface area contributed by atoms with E-state index in [-0.39, 0.29) is 17.7 Å². The molecule has 0 radical (unpaired) electrons. The maximum Gasteiger partial charge on any atom is 0.225 e. The van der Waals surface area contributed by atoms with Crippen molar-refractivity contribution in [2.45, 2.75) is 25.8 Å². The van der Waals surface area contributed by atoms with E-state index in [1.807, 2.05) is 52.3 Å². The van der Waals surface area contributed by atoms with E-state index in [4.69, 9.17) is 16.3 Å². The molecule has 2 saturated heterocycles. The topological polar surface area (TPSA) is 53.1 Å². The van der Waals surface area contributed by atoms with Crippen LogP contribution in [-0.2, 0) is 16.1 Å². The molecule has 0 unspecified atom stereocenters. The summed E-state index contributed by atoms with van der Waals surface area (Å²) in [5, 5.41) is 0.752. The van der Waals surface area contributed by atoms with E-state index in [0.29, 0.717) is 26.1 Å². The van der Waals surface area contributed by atoms with Gasteiger partial charge in [-0.15, -0.1) is 0 Å². The van der Waals surface area contributed by atoms with E-state index in [9.17, 15) is 9.59 Å². The van der Waals surface area contributed by atoms with Crippen LogP contribution in [0.25, 0.3) is 0 Å². The van der Waals surface area contributed by atoms with E-state index in [2.05, 4.69) is 17.0 Å². The van der Waals surface area contributed by atoms with Gasteiger partial charge >= 0.3 is 0 Å². The van der Waals surface area contributed by atoms with Crippen molar-refractivity contribution in [1.82, 2.24) is 14.7 Å². The molecule has 6 nitrogen and oxygen atoms in total. The van der Waals surface area contributed by atoms with Crippen LogP contribution in [0.3, 0.4) is 0 Å². The number of amides is 2. The van der Waals surface area contributed by atoms with Gasteiger partial charge in [0.05, 0.1) is 13.0 Å². The second kappa shape index (κ2) is 11.5. The lowest BCUT2D eigenvalue weighted by Gasteiger charge is -2.38. The number of ether oxygens (including phenoxy) is 1. The van der Waals surface area contributed by atoms with Crippen molar-refractivity contribution in [1.29, 1.82) is 0 Å². The minimum atomic E-state index is 0.0254. The number of benzene rings is 2. The molecular formula is C26H32ClN3O3. The van der Waals surface area contributed by atoms with Crippen molar-refractivity contribution in [3.8, 4) is 5.75 Å². The lowest BCUT2D eigenvalue weighted by Crippen LogP contribution is -2.51. The van der Waals surface area contributed by atoms with E-state index in [0.717, 1.165) is 56.3 Å². The summed E-state index contributed by atoms with van der Waals surface area (Å²) in [7, 11) is 0. The Morgan fingerprint density at radius 3 is 2.18 bits per heavy atom. The highest BCUT2D eigenvalue weighted by molar-refractivity contribution is 6.30. The van der Waals surface area contributed by atoms with Crippen LogP contribution in [0.2, 0.25) is 5.02 Å². The highest BCUT2D eigenvalue weighted by atomic mass is 35.5. The minimum Gasteiger partial charge on any atom is -0.493 e. The predicted molar refractivity (Wildman–Crippen MR) is 129 cm³/mol. The van der Waals surface area contributed by atoms with Crippen LogP contribution in [0, 0.1) is 5.92 Å². The van der Waals surface area contributed by atoms with Crippen molar-refractivity contribution in [3.05, 3.63) is 65.2 Å². The fourth-order valence-corrected chi connectivity index (χ4v) is 4.67. The molecule has 2 aromatic rings. The third kappa shape index (κ3) is 6.71. The van der Waals surface area contributed by atoms with E-state index >= 15 is 0 Å². The van der Waals surface area contributed by atoms with Crippen molar-refractivity contribution in [2.24, 2.45) is 5.92 Å². The monoisotopic (exact) mass is 469 g/mol. The van der Waals surface area contributed by atoms with Gasteiger partial charge in [-0.2, -0.15) is 0 Å². The third-order valence-electron chi connectivity index (χ3n) is 6.53. The number of piperazine rings is 1. The first kappa shape index (κ1) is 23.6. The molecule has 2 fully saturated rings. The van der Waals surface area contributed by atoms with Crippen LogP contribution in [0.15, 0.2) is 54.6 Å². The molecule has 0 atom stereocenters. The average molecular weight is 470 g/mol. The molecule has 0 aliphatic carbocycles. The Morgan fingerprint density at radius 2 is 1.52 bits per heavy atom. The maximum atomic E-state index is 13.0. The summed E-state index contributed by atoms with van der Waals surface area (Å²) < 4.78 is 5.64. The zero-order valence-corrected chi connectivity index (χ0v) is 19.8. The molecule has 0 spiro atoms. The van der Waals surface area contributed by atoms with Crippen LogP contribution >= 0.6 is 11.6 Å². The number of carbonyl (C=O) groups excluding carboxylic acids is 2. The van der Waals surface area contributed by atoms with Gasteiger partial charge in [0.25, 0.3) is 0 Å². The first-order valence-electron chi connectivity index (χ1n) is 11.8. The number of piperidine rings is 1. The Balaban J connectivity index is 1.15. The lowest BCUT2D eigenvalue weighted by molar-refractivity contribution is -0.142. The van der Waals surface area contributed by atoms with Gasteiger partial charge in [0.2, 0.25) is 11.8 Å². The fourth-order valence-electron chi connectivity index (χ4n) is 4.54. The Kier molecular flexibility index (Phi) is 8.24. The molecule has 4 rings (SSSR count). The maximum absolute atomic E-state index is 13.0. The van der Waals surface area contributed by atoms with Crippen LogP contribution in [0.1, 0.15) is 24.8 Å². The van der Waals surface area contributed by atoms with Crippen LogP contribution in [0.5, 0.6) is 5.75 Å². The summed E-state index contributed by atoms with van der Waals surface area (Å²) >= 11 is 5.97. The smallest absolute Gasteiger partial charge is 0.225 e. The zero-order chi connectivity index (χ0) is 23.0. The number of nitrogens with zero attached hydrogens (tertiary/aromatic N) is 3. The third-order valence-corrected chi connectivity index (χ3v) is 6.78. The van der Waals surface area contributed by atoms with Crippen molar-refractivity contribution in [3.63, 3.8) is 0 Å². The Morgan fingerprint density at radius 1 is 0.848 bits per heavy atom. The molecule has 7 heteroatoms. The van der Waals surface area contributed by atoms with Crippen molar-refractivity contribution < 1.29 is 14.3 Å². The molecular weight excluding hydrogens is 438 g/mol. The van der Waals surface area contributed by atoms with E-state index in [1.165, 1.54) is 5.56 Å².